The highest BCUT2D eigenvalue weighted by molar-refractivity contribution is 5.45. The van der Waals surface area contributed by atoms with E-state index in [1.165, 1.54) is 12.1 Å². The summed E-state index contributed by atoms with van der Waals surface area (Å²) in [6, 6.07) is 5.26. The molecular weight excluding hydrogens is 229 g/mol. The molecule has 0 fully saturated rings. The fraction of sp³-hybridized carbons (Fsp3) is 0.500. The molecule has 0 aliphatic heterocycles. The number of alkyl halides is 3. The van der Waals surface area contributed by atoms with Gasteiger partial charge in [-0.15, -0.1) is 0 Å². The second-order valence-electron chi connectivity index (χ2n) is 3.90. The van der Waals surface area contributed by atoms with E-state index in [4.69, 9.17) is 5.73 Å². The monoisotopic (exact) mass is 246 g/mol. The lowest BCUT2D eigenvalue weighted by atomic mass is 10.1. The van der Waals surface area contributed by atoms with E-state index in [0.717, 1.165) is 25.0 Å². The molecule has 96 valence electrons. The summed E-state index contributed by atoms with van der Waals surface area (Å²) in [4.78, 5) is 0. The number of anilines is 1. The van der Waals surface area contributed by atoms with Crippen LogP contribution < -0.4 is 11.1 Å². The Morgan fingerprint density at radius 3 is 2.24 bits per heavy atom. The Hall–Kier alpha value is -1.23. The maximum absolute atomic E-state index is 12.3. The number of halogens is 3. The zero-order valence-electron chi connectivity index (χ0n) is 9.72. The van der Waals surface area contributed by atoms with Crippen molar-refractivity contribution >= 4 is 5.69 Å². The van der Waals surface area contributed by atoms with Gasteiger partial charge in [0.25, 0.3) is 0 Å². The first-order valence-corrected chi connectivity index (χ1v) is 5.61. The van der Waals surface area contributed by atoms with Gasteiger partial charge in [-0.05, 0) is 43.7 Å². The summed E-state index contributed by atoms with van der Waals surface area (Å²) in [6.45, 7) is 2.57. The largest absolute Gasteiger partial charge is 0.416 e. The molecule has 3 N–H and O–H groups in total. The predicted molar refractivity (Wildman–Crippen MR) is 62.8 cm³/mol. The van der Waals surface area contributed by atoms with Crippen molar-refractivity contribution in [3.8, 4) is 0 Å². The molecule has 0 saturated heterocycles. The van der Waals surface area contributed by atoms with Gasteiger partial charge in [0.05, 0.1) is 5.56 Å². The van der Waals surface area contributed by atoms with Gasteiger partial charge in [-0.2, -0.15) is 13.2 Å². The first-order valence-electron chi connectivity index (χ1n) is 5.61. The maximum Gasteiger partial charge on any atom is 0.416 e. The molecule has 0 radical (unpaired) electrons. The van der Waals surface area contributed by atoms with Crippen molar-refractivity contribution in [1.82, 2.24) is 0 Å². The van der Waals surface area contributed by atoms with Crippen LogP contribution in [0, 0.1) is 0 Å². The van der Waals surface area contributed by atoms with Crippen LogP contribution in [0.3, 0.4) is 0 Å². The zero-order valence-corrected chi connectivity index (χ0v) is 9.72. The van der Waals surface area contributed by atoms with Gasteiger partial charge >= 0.3 is 6.18 Å². The van der Waals surface area contributed by atoms with Crippen molar-refractivity contribution < 1.29 is 13.2 Å². The molecule has 1 atom stereocenters. The number of nitrogens with one attached hydrogen (secondary N) is 1. The second-order valence-corrected chi connectivity index (χ2v) is 3.90. The molecule has 0 spiro atoms. The lowest BCUT2D eigenvalue weighted by Crippen LogP contribution is -2.22. The third kappa shape index (κ3) is 4.26. The molecule has 0 aliphatic carbocycles. The Morgan fingerprint density at radius 2 is 1.82 bits per heavy atom. The average Bonchev–Trinajstić information content (AvgIpc) is 2.28. The molecule has 0 bridgehead atoms. The lowest BCUT2D eigenvalue weighted by molar-refractivity contribution is -0.137. The van der Waals surface area contributed by atoms with E-state index >= 15 is 0 Å². The highest BCUT2D eigenvalue weighted by atomic mass is 19.4. The smallest absolute Gasteiger partial charge is 0.382 e. The second kappa shape index (κ2) is 5.91. The van der Waals surface area contributed by atoms with E-state index in [0.29, 0.717) is 12.2 Å². The first kappa shape index (κ1) is 13.8. The predicted octanol–water partition coefficient (Wildman–Crippen LogP) is 3.24. The van der Waals surface area contributed by atoms with Gasteiger partial charge in [0.15, 0.2) is 0 Å². The molecule has 1 rings (SSSR count). The molecule has 0 aromatic heterocycles. The van der Waals surface area contributed by atoms with Crippen molar-refractivity contribution in [3.63, 3.8) is 0 Å². The van der Waals surface area contributed by atoms with E-state index in [2.05, 4.69) is 5.32 Å². The van der Waals surface area contributed by atoms with Crippen LogP contribution in [0.4, 0.5) is 18.9 Å². The summed E-state index contributed by atoms with van der Waals surface area (Å²) in [5.41, 5.74) is 5.51. The van der Waals surface area contributed by atoms with Gasteiger partial charge in [-0.25, -0.2) is 0 Å². The van der Waals surface area contributed by atoms with Gasteiger partial charge in [0.2, 0.25) is 0 Å². The zero-order chi connectivity index (χ0) is 12.9. The van der Waals surface area contributed by atoms with E-state index in [9.17, 15) is 13.2 Å². The Morgan fingerprint density at radius 1 is 1.24 bits per heavy atom. The minimum Gasteiger partial charge on any atom is -0.382 e. The Labute approximate surface area is 99.0 Å². The molecule has 0 amide bonds. The summed E-state index contributed by atoms with van der Waals surface area (Å²) in [5, 5.41) is 3.16. The van der Waals surface area contributed by atoms with E-state index in [-0.39, 0.29) is 6.04 Å². The Balaban J connectivity index is 2.68. The normalized spacial score (nSPS) is 13.5. The van der Waals surface area contributed by atoms with Crippen LogP contribution in [0.5, 0.6) is 0 Å². The van der Waals surface area contributed by atoms with E-state index in [1.807, 2.05) is 6.92 Å². The van der Waals surface area contributed by atoms with Gasteiger partial charge in [-0.3, -0.25) is 0 Å². The minimum absolute atomic E-state index is 0.205. The van der Waals surface area contributed by atoms with E-state index < -0.39 is 11.7 Å². The maximum atomic E-state index is 12.3. The average molecular weight is 246 g/mol. The van der Waals surface area contributed by atoms with Crippen LogP contribution in [0.2, 0.25) is 0 Å². The SMILES string of the molecule is CCC(CCN)Nc1ccc(C(F)(F)F)cc1. The van der Waals surface area contributed by atoms with Crippen molar-refractivity contribution in [2.24, 2.45) is 5.73 Å². The first-order chi connectivity index (χ1) is 7.97. The van der Waals surface area contributed by atoms with Crippen LogP contribution in [0.15, 0.2) is 24.3 Å². The quantitative estimate of drug-likeness (QED) is 0.837. The molecule has 5 heteroatoms. The van der Waals surface area contributed by atoms with Crippen LogP contribution >= 0.6 is 0 Å². The van der Waals surface area contributed by atoms with Gasteiger partial charge < -0.3 is 11.1 Å². The number of hydrogen-bond donors (Lipinski definition) is 2. The number of hydrogen-bond acceptors (Lipinski definition) is 2. The topological polar surface area (TPSA) is 38.0 Å². The highest BCUT2D eigenvalue weighted by Crippen LogP contribution is 2.29. The molecule has 0 heterocycles. The van der Waals surface area contributed by atoms with Gasteiger partial charge in [-0.1, -0.05) is 6.92 Å². The summed E-state index contributed by atoms with van der Waals surface area (Å²) >= 11 is 0. The lowest BCUT2D eigenvalue weighted by Gasteiger charge is -2.17. The number of nitrogens with two attached hydrogens (primary N) is 1. The van der Waals surface area contributed by atoms with Crippen LogP contribution in [-0.4, -0.2) is 12.6 Å². The van der Waals surface area contributed by atoms with Crippen molar-refractivity contribution in [3.05, 3.63) is 29.8 Å². The summed E-state index contributed by atoms with van der Waals surface area (Å²) < 4.78 is 37.0. The molecule has 1 aromatic carbocycles. The van der Waals surface area contributed by atoms with Crippen LogP contribution in [0.1, 0.15) is 25.3 Å². The fourth-order valence-electron chi connectivity index (χ4n) is 1.57. The van der Waals surface area contributed by atoms with Gasteiger partial charge in [0.1, 0.15) is 0 Å². The summed E-state index contributed by atoms with van der Waals surface area (Å²) in [7, 11) is 0. The van der Waals surface area contributed by atoms with Crippen molar-refractivity contribution in [2.45, 2.75) is 32.0 Å². The molecular formula is C12H17F3N2. The van der Waals surface area contributed by atoms with E-state index in [1.54, 1.807) is 0 Å². The Kier molecular flexibility index (Phi) is 4.81. The third-order valence-corrected chi connectivity index (χ3v) is 2.59. The minimum atomic E-state index is -4.28. The van der Waals surface area contributed by atoms with Crippen molar-refractivity contribution in [1.29, 1.82) is 0 Å². The summed E-state index contributed by atoms with van der Waals surface area (Å²) in [6.07, 6.45) is -2.59. The van der Waals surface area contributed by atoms with Crippen molar-refractivity contribution in [2.75, 3.05) is 11.9 Å². The highest BCUT2D eigenvalue weighted by Gasteiger charge is 2.29. The molecule has 0 aliphatic rings. The number of rotatable bonds is 5. The Bertz CT molecular complexity index is 333. The third-order valence-electron chi connectivity index (χ3n) is 2.59. The summed E-state index contributed by atoms with van der Waals surface area (Å²) in [5.74, 6) is 0. The molecule has 0 saturated carbocycles. The van der Waals surface area contributed by atoms with Crippen LogP contribution in [-0.2, 0) is 6.18 Å². The molecule has 1 unspecified atom stereocenters. The van der Waals surface area contributed by atoms with Crippen LogP contribution in [0.25, 0.3) is 0 Å². The molecule has 2 nitrogen and oxygen atoms in total. The molecule has 1 aromatic rings. The fourth-order valence-corrected chi connectivity index (χ4v) is 1.57. The molecule has 17 heavy (non-hydrogen) atoms. The van der Waals surface area contributed by atoms with Gasteiger partial charge in [0, 0.05) is 11.7 Å². The standard InChI is InChI=1S/C12H17F3N2/c1-2-10(7-8-16)17-11-5-3-9(4-6-11)12(13,14)15/h3-6,10,17H,2,7-8,16H2,1H3. The number of benzene rings is 1.